The van der Waals surface area contributed by atoms with Crippen LogP contribution in [-0.2, 0) is 17.6 Å². The van der Waals surface area contributed by atoms with Gasteiger partial charge in [0.25, 0.3) is 11.1 Å². The lowest BCUT2D eigenvalue weighted by Gasteiger charge is -2.11. The molecule has 0 radical (unpaired) electrons. The van der Waals surface area contributed by atoms with E-state index in [1.54, 1.807) is 25.1 Å². The van der Waals surface area contributed by atoms with Gasteiger partial charge in [-0.3, -0.25) is 4.79 Å². The summed E-state index contributed by atoms with van der Waals surface area (Å²) in [5, 5.41) is 10.5. The van der Waals surface area contributed by atoms with Crippen LogP contribution in [0.25, 0.3) is 11.5 Å². The Labute approximate surface area is 160 Å². The number of nitrogens with zero attached hydrogens (tertiary/aromatic N) is 2. The highest BCUT2D eigenvalue weighted by Gasteiger charge is 2.20. The Morgan fingerprint density at radius 3 is 2.85 bits per heavy atom. The SMILES string of the molecule is C[C@H](Sc1nnc(-c2ccccc2F)o1)C(=O)Nc1ccc2c(c1)CCC2. The van der Waals surface area contributed by atoms with Gasteiger partial charge < -0.3 is 9.73 Å². The highest BCUT2D eigenvalue weighted by atomic mass is 32.2. The summed E-state index contributed by atoms with van der Waals surface area (Å²) >= 11 is 1.14. The van der Waals surface area contributed by atoms with Gasteiger partial charge in [-0.2, -0.15) is 0 Å². The van der Waals surface area contributed by atoms with Crippen molar-refractivity contribution in [2.45, 2.75) is 36.7 Å². The first-order valence-corrected chi connectivity index (χ1v) is 9.66. The molecule has 0 bridgehead atoms. The molecular weight excluding hydrogens is 365 g/mol. The maximum atomic E-state index is 13.8. The van der Waals surface area contributed by atoms with E-state index in [1.165, 1.54) is 23.6 Å². The van der Waals surface area contributed by atoms with Crippen molar-refractivity contribution in [1.82, 2.24) is 10.2 Å². The summed E-state index contributed by atoms with van der Waals surface area (Å²) in [6, 6.07) is 12.2. The summed E-state index contributed by atoms with van der Waals surface area (Å²) in [7, 11) is 0. The second-order valence-electron chi connectivity index (χ2n) is 6.44. The molecule has 1 N–H and O–H groups in total. The fourth-order valence-corrected chi connectivity index (χ4v) is 3.78. The number of carbonyl (C=O) groups is 1. The van der Waals surface area contributed by atoms with Crippen molar-refractivity contribution >= 4 is 23.4 Å². The van der Waals surface area contributed by atoms with Gasteiger partial charge in [-0.05, 0) is 61.6 Å². The number of anilines is 1. The molecular formula is C20H18FN3O2S. The molecule has 7 heteroatoms. The van der Waals surface area contributed by atoms with Gasteiger partial charge in [0, 0.05) is 5.69 Å². The topological polar surface area (TPSA) is 68.0 Å². The first-order valence-electron chi connectivity index (χ1n) is 8.78. The Morgan fingerprint density at radius 2 is 2.00 bits per heavy atom. The monoisotopic (exact) mass is 383 g/mol. The highest BCUT2D eigenvalue weighted by Crippen LogP contribution is 2.29. The van der Waals surface area contributed by atoms with Gasteiger partial charge in [-0.15, -0.1) is 10.2 Å². The van der Waals surface area contributed by atoms with Gasteiger partial charge >= 0.3 is 0 Å². The zero-order valence-electron chi connectivity index (χ0n) is 14.7. The number of rotatable bonds is 5. The van der Waals surface area contributed by atoms with Crippen LogP contribution < -0.4 is 5.32 Å². The number of aryl methyl sites for hydroxylation is 2. The molecule has 0 aliphatic heterocycles. The predicted octanol–water partition coefficient (Wildman–Crippen LogP) is 4.48. The zero-order valence-corrected chi connectivity index (χ0v) is 15.6. The van der Waals surface area contributed by atoms with E-state index in [-0.39, 0.29) is 22.6 Å². The molecule has 0 saturated heterocycles. The molecule has 5 nitrogen and oxygen atoms in total. The summed E-state index contributed by atoms with van der Waals surface area (Å²) in [6.45, 7) is 1.76. The van der Waals surface area contributed by atoms with Crippen molar-refractivity contribution in [1.29, 1.82) is 0 Å². The van der Waals surface area contributed by atoms with E-state index in [0.717, 1.165) is 30.3 Å². The van der Waals surface area contributed by atoms with E-state index in [9.17, 15) is 9.18 Å². The average molecular weight is 383 g/mol. The molecule has 27 heavy (non-hydrogen) atoms. The van der Waals surface area contributed by atoms with Gasteiger partial charge in [0.15, 0.2) is 0 Å². The molecule has 0 saturated carbocycles. The van der Waals surface area contributed by atoms with E-state index in [0.29, 0.717) is 0 Å². The molecule has 1 aromatic heterocycles. The molecule has 0 spiro atoms. The normalized spacial score (nSPS) is 14.0. The quantitative estimate of drug-likeness (QED) is 0.658. The maximum absolute atomic E-state index is 13.8. The number of thioether (sulfide) groups is 1. The highest BCUT2D eigenvalue weighted by molar-refractivity contribution is 8.00. The minimum atomic E-state index is -0.438. The molecule has 1 heterocycles. The first kappa shape index (κ1) is 17.7. The van der Waals surface area contributed by atoms with Crippen LogP contribution in [0.5, 0.6) is 0 Å². The van der Waals surface area contributed by atoms with Crippen LogP contribution >= 0.6 is 11.8 Å². The number of halogens is 1. The number of amides is 1. The van der Waals surface area contributed by atoms with Crippen molar-refractivity contribution in [3.8, 4) is 11.5 Å². The Balaban J connectivity index is 1.41. The van der Waals surface area contributed by atoms with Crippen molar-refractivity contribution in [2.75, 3.05) is 5.32 Å². The molecule has 0 unspecified atom stereocenters. The Morgan fingerprint density at radius 1 is 1.19 bits per heavy atom. The van der Waals surface area contributed by atoms with Crippen LogP contribution in [-0.4, -0.2) is 21.4 Å². The number of hydrogen-bond acceptors (Lipinski definition) is 5. The second-order valence-corrected chi connectivity index (χ2v) is 7.73. The fourth-order valence-electron chi connectivity index (χ4n) is 3.10. The summed E-state index contributed by atoms with van der Waals surface area (Å²) in [5.41, 5.74) is 3.71. The number of nitrogens with one attached hydrogen (secondary N) is 1. The lowest BCUT2D eigenvalue weighted by atomic mass is 10.1. The molecule has 0 fully saturated rings. The summed E-state index contributed by atoms with van der Waals surface area (Å²) in [6.07, 6.45) is 3.34. The van der Waals surface area contributed by atoms with E-state index >= 15 is 0 Å². The molecule has 1 aliphatic carbocycles. The smallest absolute Gasteiger partial charge is 0.277 e. The van der Waals surface area contributed by atoms with Crippen LogP contribution in [0, 0.1) is 5.82 Å². The summed E-state index contributed by atoms with van der Waals surface area (Å²) < 4.78 is 19.3. The van der Waals surface area contributed by atoms with Gasteiger partial charge in [-0.25, -0.2) is 4.39 Å². The van der Waals surface area contributed by atoms with Crippen LogP contribution in [0.3, 0.4) is 0 Å². The molecule has 4 rings (SSSR count). The van der Waals surface area contributed by atoms with Crippen LogP contribution in [0.1, 0.15) is 24.5 Å². The lowest BCUT2D eigenvalue weighted by molar-refractivity contribution is -0.115. The third-order valence-corrected chi connectivity index (χ3v) is 5.46. The maximum Gasteiger partial charge on any atom is 0.277 e. The molecule has 2 aromatic carbocycles. The van der Waals surface area contributed by atoms with Crippen molar-refractivity contribution in [2.24, 2.45) is 0 Å². The number of fused-ring (bicyclic) bond motifs is 1. The largest absolute Gasteiger partial charge is 0.411 e. The summed E-state index contributed by atoms with van der Waals surface area (Å²) in [5.74, 6) is -0.481. The first-order chi connectivity index (χ1) is 13.1. The third-order valence-electron chi connectivity index (χ3n) is 4.52. The second kappa shape index (κ2) is 7.52. The van der Waals surface area contributed by atoms with E-state index < -0.39 is 11.1 Å². The minimum Gasteiger partial charge on any atom is -0.411 e. The molecule has 1 amide bonds. The Bertz CT molecular complexity index is 989. The zero-order chi connectivity index (χ0) is 18.8. The molecule has 3 aromatic rings. The van der Waals surface area contributed by atoms with Gasteiger partial charge in [0.05, 0.1) is 10.8 Å². The molecule has 1 aliphatic rings. The minimum absolute atomic E-state index is 0.0989. The van der Waals surface area contributed by atoms with Crippen LogP contribution in [0.4, 0.5) is 10.1 Å². The molecule has 1 atom stereocenters. The van der Waals surface area contributed by atoms with Crippen molar-refractivity contribution in [3.63, 3.8) is 0 Å². The van der Waals surface area contributed by atoms with Crippen LogP contribution in [0.2, 0.25) is 0 Å². The van der Waals surface area contributed by atoms with Crippen molar-refractivity contribution < 1.29 is 13.6 Å². The van der Waals surface area contributed by atoms with E-state index in [1.807, 2.05) is 12.1 Å². The van der Waals surface area contributed by atoms with E-state index in [4.69, 9.17) is 4.42 Å². The number of hydrogen-bond donors (Lipinski definition) is 1. The third kappa shape index (κ3) is 3.88. The number of carbonyl (C=O) groups excluding carboxylic acids is 1. The number of benzene rings is 2. The van der Waals surface area contributed by atoms with Crippen molar-refractivity contribution in [3.05, 3.63) is 59.4 Å². The van der Waals surface area contributed by atoms with Crippen LogP contribution in [0.15, 0.2) is 52.1 Å². The summed E-state index contributed by atoms with van der Waals surface area (Å²) in [4.78, 5) is 12.5. The fraction of sp³-hybridized carbons (Fsp3) is 0.250. The van der Waals surface area contributed by atoms with E-state index in [2.05, 4.69) is 21.6 Å². The standard InChI is InChI=1S/C20H18FN3O2S/c1-12(18(25)22-15-10-9-13-5-4-6-14(13)11-15)27-20-24-23-19(26-20)16-7-2-3-8-17(16)21/h2-3,7-12H,4-6H2,1H3,(H,22,25)/t12-/m0/s1. The van der Waals surface area contributed by atoms with Gasteiger partial charge in [-0.1, -0.05) is 30.0 Å². The lowest BCUT2D eigenvalue weighted by Crippen LogP contribution is -2.22. The molecule has 138 valence electrons. The Kier molecular flexibility index (Phi) is 4.94. The number of aromatic nitrogens is 2. The Hall–Kier alpha value is -2.67. The van der Waals surface area contributed by atoms with Gasteiger partial charge in [0.1, 0.15) is 5.82 Å². The van der Waals surface area contributed by atoms with Gasteiger partial charge in [0.2, 0.25) is 5.91 Å². The average Bonchev–Trinajstić information content (AvgIpc) is 3.31. The predicted molar refractivity (Wildman–Crippen MR) is 102 cm³/mol.